The van der Waals surface area contributed by atoms with E-state index in [1.165, 1.54) is 0 Å². The first kappa shape index (κ1) is 20.1. The van der Waals surface area contributed by atoms with Gasteiger partial charge in [-0.1, -0.05) is 0 Å². The first-order valence-corrected chi connectivity index (χ1v) is 4.80. The number of aliphatic hydroxyl groups excluding tert-OH is 1. The zero-order chi connectivity index (χ0) is 17.5. The highest BCUT2D eigenvalue weighted by Gasteiger charge is 2.82. The molecule has 0 rings (SSSR count). The third-order valence-electron chi connectivity index (χ3n) is 2.32. The van der Waals surface area contributed by atoms with Gasteiger partial charge in [-0.25, -0.2) is 0 Å². The van der Waals surface area contributed by atoms with E-state index in [9.17, 15) is 52.7 Å². The van der Waals surface area contributed by atoms with Crippen LogP contribution in [0.25, 0.3) is 0 Å². The molecule has 0 aliphatic heterocycles. The smallest absolute Gasteiger partial charge is 0.396 e. The standard InChI is InChI=1S/C8H6F12O/c9-4(10,1-2-21)8(19,20)5(11,12)3(6(13,14)15)7(16,17)18/h3,21H,1-2H2. The van der Waals surface area contributed by atoms with Crippen LogP contribution >= 0.6 is 0 Å². The Bertz CT molecular complexity index is 339. The van der Waals surface area contributed by atoms with Crippen LogP contribution in [0, 0.1) is 5.92 Å². The van der Waals surface area contributed by atoms with Crippen molar-refractivity contribution in [2.24, 2.45) is 5.92 Å². The molecular formula is C8H6F12O. The number of halogens is 12. The fourth-order valence-electron chi connectivity index (χ4n) is 1.32. The summed E-state index contributed by atoms with van der Waals surface area (Å²) in [5.41, 5.74) is 0. The minimum atomic E-state index is -7.18. The fourth-order valence-corrected chi connectivity index (χ4v) is 1.32. The maximum Gasteiger partial charge on any atom is 0.406 e. The van der Waals surface area contributed by atoms with Gasteiger partial charge in [0.2, 0.25) is 5.92 Å². The molecule has 0 aromatic rings. The van der Waals surface area contributed by atoms with E-state index in [2.05, 4.69) is 0 Å². The molecule has 0 fully saturated rings. The van der Waals surface area contributed by atoms with Crippen molar-refractivity contribution in [3.63, 3.8) is 0 Å². The molecule has 0 aromatic carbocycles. The molecule has 0 heterocycles. The number of rotatable bonds is 5. The summed E-state index contributed by atoms with van der Waals surface area (Å²) in [5.74, 6) is -26.1. The Labute approximate surface area is 108 Å². The van der Waals surface area contributed by atoms with Crippen molar-refractivity contribution in [1.29, 1.82) is 0 Å². The van der Waals surface area contributed by atoms with Crippen molar-refractivity contribution in [3.8, 4) is 0 Å². The maximum absolute atomic E-state index is 12.9. The molecule has 1 N–H and O–H groups in total. The van der Waals surface area contributed by atoms with Crippen LogP contribution in [0.4, 0.5) is 52.7 Å². The summed E-state index contributed by atoms with van der Waals surface area (Å²) in [6, 6.07) is 0. The molecule has 0 unspecified atom stereocenters. The highest BCUT2D eigenvalue weighted by Crippen LogP contribution is 2.57. The summed E-state index contributed by atoms with van der Waals surface area (Å²) in [4.78, 5) is 0. The van der Waals surface area contributed by atoms with Crippen LogP contribution in [0.2, 0.25) is 0 Å². The van der Waals surface area contributed by atoms with Crippen LogP contribution in [0.5, 0.6) is 0 Å². The monoisotopic (exact) mass is 346 g/mol. The molecular weight excluding hydrogens is 340 g/mol. The van der Waals surface area contributed by atoms with Crippen LogP contribution in [0.15, 0.2) is 0 Å². The SMILES string of the molecule is OCCC(F)(F)C(F)(F)C(F)(F)C(C(F)(F)F)C(F)(F)F. The Morgan fingerprint density at radius 3 is 1.24 bits per heavy atom. The molecule has 0 amide bonds. The summed E-state index contributed by atoms with van der Waals surface area (Å²) in [5, 5.41) is 7.99. The largest absolute Gasteiger partial charge is 0.406 e. The topological polar surface area (TPSA) is 20.2 Å². The summed E-state index contributed by atoms with van der Waals surface area (Å²) in [7, 11) is 0. The third kappa shape index (κ3) is 3.66. The van der Waals surface area contributed by atoms with E-state index >= 15 is 0 Å². The van der Waals surface area contributed by atoms with Crippen LogP contribution in [-0.4, -0.2) is 41.8 Å². The second-order valence-corrected chi connectivity index (χ2v) is 3.89. The average molecular weight is 346 g/mol. The van der Waals surface area contributed by atoms with Crippen LogP contribution in [0.1, 0.15) is 6.42 Å². The molecule has 0 atom stereocenters. The first-order chi connectivity index (χ1) is 8.93. The molecule has 0 spiro atoms. The summed E-state index contributed by atoms with van der Waals surface area (Å²) >= 11 is 0. The number of hydrogen-bond acceptors (Lipinski definition) is 1. The Morgan fingerprint density at radius 2 is 1.00 bits per heavy atom. The Balaban J connectivity index is 6.02. The fraction of sp³-hybridized carbons (Fsp3) is 1.00. The number of hydrogen-bond donors (Lipinski definition) is 1. The highest BCUT2D eigenvalue weighted by atomic mass is 19.4. The van der Waals surface area contributed by atoms with Gasteiger partial charge in [-0.05, 0) is 0 Å². The van der Waals surface area contributed by atoms with Gasteiger partial charge >= 0.3 is 30.1 Å². The van der Waals surface area contributed by atoms with Crippen molar-refractivity contribution in [3.05, 3.63) is 0 Å². The zero-order valence-electron chi connectivity index (χ0n) is 9.47. The molecule has 13 heteroatoms. The van der Waals surface area contributed by atoms with E-state index in [1.807, 2.05) is 0 Å². The molecule has 1 nitrogen and oxygen atoms in total. The Morgan fingerprint density at radius 1 is 0.667 bits per heavy atom. The average Bonchev–Trinajstić information content (AvgIpc) is 2.10. The molecule has 0 saturated carbocycles. The van der Waals surface area contributed by atoms with E-state index in [1.54, 1.807) is 0 Å². The third-order valence-corrected chi connectivity index (χ3v) is 2.32. The molecule has 0 saturated heterocycles. The predicted molar refractivity (Wildman–Crippen MR) is 42.1 cm³/mol. The Hall–Kier alpha value is -0.880. The molecule has 21 heavy (non-hydrogen) atoms. The number of aliphatic hydroxyl groups is 1. The highest BCUT2D eigenvalue weighted by molar-refractivity contribution is 5.03. The van der Waals surface area contributed by atoms with Crippen molar-refractivity contribution in [1.82, 2.24) is 0 Å². The lowest BCUT2D eigenvalue weighted by atomic mass is 9.89. The Kier molecular flexibility index (Phi) is 5.17. The van der Waals surface area contributed by atoms with Crippen LogP contribution in [0.3, 0.4) is 0 Å². The van der Waals surface area contributed by atoms with Gasteiger partial charge < -0.3 is 5.11 Å². The van der Waals surface area contributed by atoms with Gasteiger partial charge in [0.1, 0.15) is 0 Å². The zero-order valence-corrected chi connectivity index (χ0v) is 9.47. The van der Waals surface area contributed by atoms with Crippen molar-refractivity contribution in [2.45, 2.75) is 36.5 Å². The van der Waals surface area contributed by atoms with Gasteiger partial charge in [-0.2, -0.15) is 52.7 Å². The summed E-state index contributed by atoms with van der Waals surface area (Å²) < 4.78 is 149. The minimum Gasteiger partial charge on any atom is -0.396 e. The summed E-state index contributed by atoms with van der Waals surface area (Å²) in [6.07, 6.45) is -16.3. The first-order valence-electron chi connectivity index (χ1n) is 4.80. The lowest BCUT2D eigenvalue weighted by Gasteiger charge is -2.38. The van der Waals surface area contributed by atoms with E-state index in [0.717, 1.165) is 0 Å². The lowest BCUT2D eigenvalue weighted by Crippen LogP contribution is -2.63. The van der Waals surface area contributed by atoms with Gasteiger partial charge in [-0.15, -0.1) is 0 Å². The normalized spacial score (nSPS) is 15.7. The van der Waals surface area contributed by atoms with Crippen molar-refractivity contribution < 1.29 is 57.8 Å². The molecule has 0 aliphatic carbocycles. The quantitative estimate of drug-likeness (QED) is 0.746. The maximum atomic E-state index is 12.9. The van der Waals surface area contributed by atoms with Crippen molar-refractivity contribution in [2.75, 3.05) is 6.61 Å². The molecule has 0 radical (unpaired) electrons. The van der Waals surface area contributed by atoms with E-state index in [4.69, 9.17) is 5.11 Å². The minimum absolute atomic E-state index is 1.86. The van der Waals surface area contributed by atoms with Gasteiger partial charge in [0, 0.05) is 13.0 Å². The van der Waals surface area contributed by atoms with E-state index in [-0.39, 0.29) is 0 Å². The predicted octanol–water partition coefficient (Wildman–Crippen LogP) is 4.02. The van der Waals surface area contributed by atoms with Gasteiger partial charge in [0.05, 0.1) is 0 Å². The molecule has 128 valence electrons. The van der Waals surface area contributed by atoms with Gasteiger partial charge in [0.15, 0.2) is 0 Å². The number of alkyl halides is 12. The van der Waals surface area contributed by atoms with E-state index in [0.29, 0.717) is 0 Å². The van der Waals surface area contributed by atoms with Crippen LogP contribution in [-0.2, 0) is 0 Å². The second-order valence-electron chi connectivity index (χ2n) is 3.89. The van der Waals surface area contributed by atoms with E-state index < -0.39 is 49.1 Å². The van der Waals surface area contributed by atoms with Gasteiger partial charge in [0.25, 0.3) is 0 Å². The van der Waals surface area contributed by atoms with Crippen molar-refractivity contribution >= 4 is 0 Å². The van der Waals surface area contributed by atoms with Crippen LogP contribution < -0.4 is 0 Å². The molecule has 0 bridgehead atoms. The lowest BCUT2D eigenvalue weighted by molar-refractivity contribution is -0.402. The summed E-state index contributed by atoms with van der Waals surface area (Å²) in [6.45, 7) is -1.86. The molecule has 0 aromatic heterocycles. The van der Waals surface area contributed by atoms with Gasteiger partial charge in [-0.3, -0.25) is 0 Å². The molecule has 0 aliphatic rings. The second kappa shape index (κ2) is 5.39.